The van der Waals surface area contributed by atoms with Gasteiger partial charge in [0.05, 0.1) is 12.8 Å². The Labute approximate surface area is 166 Å². The Hall–Kier alpha value is -2.53. The second-order valence-electron chi connectivity index (χ2n) is 6.72. The van der Waals surface area contributed by atoms with E-state index in [0.717, 1.165) is 6.42 Å². The van der Waals surface area contributed by atoms with Crippen molar-refractivity contribution in [3.63, 3.8) is 0 Å². The van der Waals surface area contributed by atoms with Gasteiger partial charge in [0.1, 0.15) is 5.75 Å². The quantitative estimate of drug-likeness (QED) is 0.513. The van der Waals surface area contributed by atoms with Gasteiger partial charge in [0.25, 0.3) is 0 Å². The number of amides is 1. The van der Waals surface area contributed by atoms with Gasteiger partial charge in [0.15, 0.2) is 5.78 Å². The van der Waals surface area contributed by atoms with Crippen LogP contribution in [0.25, 0.3) is 0 Å². The lowest BCUT2D eigenvalue weighted by Crippen LogP contribution is -2.13. The molecule has 0 heterocycles. The van der Waals surface area contributed by atoms with Crippen LogP contribution in [0.15, 0.2) is 42.5 Å². The lowest BCUT2D eigenvalue weighted by Gasteiger charge is -2.09. The lowest BCUT2D eigenvalue weighted by molar-refractivity contribution is -0.116. The minimum absolute atomic E-state index is 0. The summed E-state index contributed by atoms with van der Waals surface area (Å²) in [7, 11) is 1.53. The number of nitrogen functional groups attached to an aromatic ring is 1. The molecule has 0 saturated carbocycles. The molecule has 146 valence electrons. The summed E-state index contributed by atoms with van der Waals surface area (Å²) in [5, 5.41) is 2.74. The number of nitrogens with two attached hydrogens (primary N) is 1. The number of carbonyl (C=O) groups is 2. The van der Waals surface area contributed by atoms with Crippen molar-refractivity contribution in [1.29, 1.82) is 0 Å². The molecule has 0 aromatic heterocycles. The minimum Gasteiger partial charge on any atom is -0.495 e. The fraction of sp³-hybridized carbons (Fsp3) is 0.333. The zero-order valence-corrected chi connectivity index (χ0v) is 16.8. The lowest BCUT2D eigenvalue weighted by atomic mass is 9.99. The molecule has 0 aliphatic heterocycles. The molecule has 1 amide bonds. The highest BCUT2D eigenvalue weighted by atomic mass is 35.5. The number of ether oxygens (including phenoxy) is 1. The Morgan fingerprint density at radius 1 is 1.07 bits per heavy atom. The largest absolute Gasteiger partial charge is 0.495 e. The van der Waals surface area contributed by atoms with Crippen LogP contribution in [-0.2, 0) is 11.2 Å². The first-order valence-corrected chi connectivity index (χ1v) is 8.74. The zero-order chi connectivity index (χ0) is 19.1. The number of benzene rings is 2. The number of Topliss-reactive ketones (excluding diaryl/α,β-unsaturated/α-hetero) is 1. The van der Waals surface area contributed by atoms with Gasteiger partial charge < -0.3 is 15.8 Å². The molecule has 0 aliphatic carbocycles. The SMILES string of the molecule is COc1ccc(NC(=O)CCC(=O)c2ccc(CC(C)C)cc2)cc1N.Cl. The van der Waals surface area contributed by atoms with E-state index in [1.54, 1.807) is 18.2 Å². The number of hydrogen-bond acceptors (Lipinski definition) is 4. The predicted octanol–water partition coefficient (Wildman–Crippen LogP) is 4.50. The van der Waals surface area contributed by atoms with E-state index < -0.39 is 0 Å². The Morgan fingerprint density at radius 3 is 2.30 bits per heavy atom. The molecule has 5 nitrogen and oxygen atoms in total. The topological polar surface area (TPSA) is 81.4 Å². The number of methoxy groups -OCH3 is 1. The fourth-order valence-electron chi connectivity index (χ4n) is 2.71. The van der Waals surface area contributed by atoms with Crippen LogP contribution in [-0.4, -0.2) is 18.8 Å². The Morgan fingerprint density at radius 2 is 1.74 bits per heavy atom. The van der Waals surface area contributed by atoms with Gasteiger partial charge in [-0.2, -0.15) is 0 Å². The summed E-state index contributed by atoms with van der Waals surface area (Å²) in [6.07, 6.45) is 1.28. The van der Waals surface area contributed by atoms with Gasteiger partial charge in [-0.3, -0.25) is 9.59 Å². The molecule has 0 saturated heterocycles. The molecular formula is C21H27ClN2O3. The van der Waals surface area contributed by atoms with Crippen molar-refractivity contribution >= 4 is 35.5 Å². The number of anilines is 2. The van der Waals surface area contributed by atoms with E-state index in [2.05, 4.69) is 19.2 Å². The van der Waals surface area contributed by atoms with Gasteiger partial charge >= 0.3 is 0 Å². The standard InChI is InChI=1S/C21H26N2O3.ClH/c1-14(2)12-15-4-6-16(7-5-15)19(24)9-11-21(25)23-17-8-10-20(26-3)18(22)13-17;/h4-8,10,13-14H,9,11-12,22H2,1-3H3,(H,23,25);1H. The smallest absolute Gasteiger partial charge is 0.224 e. The van der Waals surface area contributed by atoms with Crippen molar-refractivity contribution in [3.05, 3.63) is 53.6 Å². The molecule has 0 unspecified atom stereocenters. The highest BCUT2D eigenvalue weighted by Gasteiger charge is 2.11. The summed E-state index contributed by atoms with van der Waals surface area (Å²) in [5.41, 5.74) is 8.70. The van der Waals surface area contributed by atoms with Crippen LogP contribution in [0.4, 0.5) is 11.4 Å². The highest BCUT2D eigenvalue weighted by Crippen LogP contribution is 2.24. The number of ketones is 1. The fourth-order valence-corrected chi connectivity index (χ4v) is 2.71. The molecule has 0 radical (unpaired) electrons. The van der Waals surface area contributed by atoms with Gasteiger partial charge in [-0.1, -0.05) is 38.1 Å². The van der Waals surface area contributed by atoms with Crippen molar-refractivity contribution in [1.82, 2.24) is 0 Å². The second-order valence-corrected chi connectivity index (χ2v) is 6.72. The Balaban J connectivity index is 0.00000364. The Bertz CT molecular complexity index is 773. The van der Waals surface area contributed by atoms with Gasteiger partial charge in [-0.25, -0.2) is 0 Å². The van der Waals surface area contributed by atoms with Crippen molar-refractivity contribution in [2.75, 3.05) is 18.2 Å². The van der Waals surface area contributed by atoms with E-state index in [0.29, 0.717) is 28.6 Å². The predicted molar refractivity (Wildman–Crippen MR) is 112 cm³/mol. The summed E-state index contributed by atoms with van der Waals surface area (Å²) in [5.74, 6) is 0.871. The molecule has 3 N–H and O–H groups in total. The number of carbonyl (C=O) groups excluding carboxylic acids is 2. The van der Waals surface area contributed by atoms with E-state index in [-0.39, 0.29) is 36.9 Å². The normalized spacial score (nSPS) is 10.2. The molecule has 6 heteroatoms. The summed E-state index contributed by atoms with van der Waals surface area (Å²) in [4.78, 5) is 24.3. The van der Waals surface area contributed by atoms with E-state index in [9.17, 15) is 9.59 Å². The maximum atomic E-state index is 12.3. The third-order valence-electron chi connectivity index (χ3n) is 4.01. The molecular weight excluding hydrogens is 364 g/mol. The van der Waals surface area contributed by atoms with Crippen LogP contribution < -0.4 is 15.8 Å². The zero-order valence-electron chi connectivity index (χ0n) is 16.0. The van der Waals surface area contributed by atoms with Crippen LogP contribution in [0.3, 0.4) is 0 Å². The van der Waals surface area contributed by atoms with Crippen molar-refractivity contribution in [2.24, 2.45) is 5.92 Å². The van der Waals surface area contributed by atoms with E-state index in [1.165, 1.54) is 12.7 Å². The first kappa shape index (κ1) is 22.5. The number of nitrogens with one attached hydrogen (secondary N) is 1. The van der Waals surface area contributed by atoms with Crippen molar-refractivity contribution in [3.8, 4) is 5.75 Å². The van der Waals surface area contributed by atoms with Gasteiger partial charge in [0.2, 0.25) is 5.91 Å². The monoisotopic (exact) mass is 390 g/mol. The van der Waals surface area contributed by atoms with Crippen molar-refractivity contribution in [2.45, 2.75) is 33.1 Å². The average molecular weight is 391 g/mol. The second kappa shape index (κ2) is 10.6. The molecule has 2 rings (SSSR count). The minimum atomic E-state index is -0.223. The number of halogens is 1. The van der Waals surface area contributed by atoms with E-state index in [4.69, 9.17) is 10.5 Å². The third-order valence-corrected chi connectivity index (χ3v) is 4.01. The molecule has 27 heavy (non-hydrogen) atoms. The van der Waals surface area contributed by atoms with Crippen LogP contribution >= 0.6 is 12.4 Å². The number of hydrogen-bond donors (Lipinski definition) is 2. The first-order valence-electron chi connectivity index (χ1n) is 8.74. The van der Waals surface area contributed by atoms with Gasteiger partial charge in [-0.15, -0.1) is 12.4 Å². The van der Waals surface area contributed by atoms with E-state index >= 15 is 0 Å². The van der Waals surface area contributed by atoms with E-state index in [1.807, 2.05) is 24.3 Å². The molecule has 0 atom stereocenters. The maximum absolute atomic E-state index is 12.3. The van der Waals surface area contributed by atoms with Crippen LogP contribution in [0.1, 0.15) is 42.6 Å². The summed E-state index contributed by atoms with van der Waals surface area (Å²) < 4.78 is 5.08. The number of rotatable bonds is 8. The Kier molecular flexibility index (Phi) is 8.82. The van der Waals surface area contributed by atoms with Crippen LogP contribution in [0.2, 0.25) is 0 Å². The molecule has 0 fully saturated rings. The van der Waals surface area contributed by atoms with Gasteiger partial charge in [0, 0.05) is 24.1 Å². The molecule has 0 aliphatic rings. The molecule has 0 spiro atoms. The van der Waals surface area contributed by atoms with Crippen molar-refractivity contribution < 1.29 is 14.3 Å². The summed E-state index contributed by atoms with van der Waals surface area (Å²) in [6, 6.07) is 12.7. The summed E-state index contributed by atoms with van der Waals surface area (Å²) in [6.45, 7) is 4.32. The summed E-state index contributed by atoms with van der Waals surface area (Å²) >= 11 is 0. The molecule has 0 bridgehead atoms. The average Bonchev–Trinajstić information content (AvgIpc) is 2.60. The van der Waals surface area contributed by atoms with Crippen LogP contribution in [0, 0.1) is 5.92 Å². The molecule has 2 aromatic rings. The third kappa shape index (κ3) is 6.94. The highest BCUT2D eigenvalue weighted by molar-refractivity contribution is 6.00. The maximum Gasteiger partial charge on any atom is 0.224 e. The van der Waals surface area contributed by atoms with Crippen LogP contribution in [0.5, 0.6) is 5.75 Å². The first-order chi connectivity index (χ1) is 12.4. The molecule has 2 aromatic carbocycles. The van der Waals surface area contributed by atoms with Gasteiger partial charge in [-0.05, 0) is 36.1 Å².